The average Bonchev–Trinajstić information content (AvgIpc) is 3.13. The van der Waals surface area contributed by atoms with E-state index in [1.165, 1.54) is 0 Å². The number of imidazole rings is 2. The SMILES string of the molecule is Cc1cccn2cc(CC(=O)NCCCn3ccnc3)nc12. The van der Waals surface area contributed by atoms with E-state index in [4.69, 9.17) is 0 Å². The number of carbonyl (C=O) groups excluding carboxylic acids is 1. The fourth-order valence-corrected chi connectivity index (χ4v) is 2.43. The van der Waals surface area contributed by atoms with Gasteiger partial charge in [0.1, 0.15) is 5.65 Å². The summed E-state index contributed by atoms with van der Waals surface area (Å²) in [6, 6.07) is 3.99. The number of nitrogens with zero attached hydrogens (tertiary/aromatic N) is 4. The van der Waals surface area contributed by atoms with E-state index in [0.717, 1.165) is 29.9 Å². The number of aromatic nitrogens is 4. The Hall–Kier alpha value is -2.63. The zero-order valence-corrected chi connectivity index (χ0v) is 12.6. The molecule has 3 aromatic rings. The number of fused-ring (bicyclic) bond motifs is 1. The standard InChI is InChI=1S/C16H19N5O/c1-13-4-2-8-21-11-14(19-16(13)21)10-15(22)18-5-3-7-20-9-6-17-12-20/h2,4,6,8-9,11-12H,3,5,7,10H2,1H3,(H,18,22). The van der Waals surface area contributed by atoms with Gasteiger partial charge in [-0.1, -0.05) is 6.07 Å². The lowest BCUT2D eigenvalue weighted by molar-refractivity contribution is -0.120. The van der Waals surface area contributed by atoms with Crippen LogP contribution in [0.4, 0.5) is 0 Å². The quantitative estimate of drug-likeness (QED) is 0.703. The van der Waals surface area contributed by atoms with Gasteiger partial charge in [-0.3, -0.25) is 4.79 Å². The molecule has 3 heterocycles. The predicted molar refractivity (Wildman–Crippen MR) is 83.5 cm³/mol. The van der Waals surface area contributed by atoms with Crippen molar-refractivity contribution in [3.63, 3.8) is 0 Å². The third-order valence-electron chi connectivity index (χ3n) is 3.54. The van der Waals surface area contributed by atoms with Crippen molar-refractivity contribution in [2.24, 2.45) is 0 Å². The molecule has 114 valence electrons. The van der Waals surface area contributed by atoms with Crippen LogP contribution < -0.4 is 5.32 Å². The van der Waals surface area contributed by atoms with Crippen molar-refractivity contribution in [3.05, 3.63) is 54.5 Å². The maximum atomic E-state index is 12.0. The highest BCUT2D eigenvalue weighted by Crippen LogP contribution is 2.10. The fourth-order valence-electron chi connectivity index (χ4n) is 2.43. The van der Waals surface area contributed by atoms with E-state index >= 15 is 0 Å². The smallest absolute Gasteiger partial charge is 0.226 e. The summed E-state index contributed by atoms with van der Waals surface area (Å²) in [5.41, 5.74) is 2.81. The highest BCUT2D eigenvalue weighted by atomic mass is 16.1. The Kier molecular flexibility index (Phi) is 4.18. The lowest BCUT2D eigenvalue weighted by Gasteiger charge is -2.04. The van der Waals surface area contributed by atoms with Gasteiger partial charge in [-0.05, 0) is 25.0 Å². The van der Waals surface area contributed by atoms with Crippen LogP contribution in [-0.2, 0) is 17.8 Å². The molecule has 0 bridgehead atoms. The second-order valence-corrected chi connectivity index (χ2v) is 5.34. The normalized spacial score (nSPS) is 11.0. The topological polar surface area (TPSA) is 64.2 Å². The minimum absolute atomic E-state index is 0.00619. The maximum Gasteiger partial charge on any atom is 0.226 e. The molecule has 6 nitrogen and oxygen atoms in total. The second kappa shape index (κ2) is 6.43. The van der Waals surface area contributed by atoms with Gasteiger partial charge in [0.05, 0.1) is 18.4 Å². The molecule has 1 amide bonds. The largest absolute Gasteiger partial charge is 0.356 e. The number of aryl methyl sites for hydroxylation is 2. The van der Waals surface area contributed by atoms with Gasteiger partial charge in [0.25, 0.3) is 0 Å². The third-order valence-corrected chi connectivity index (χ3v) is 3.54. The van der Waals surface area contributed by atoms with Crippen LogP contribution in [0, 0.1) is 6.92 Å². The highest BCUT2D eigenvalue weighted by molar-refractivity contribution is 5.78. The predicted octanol–water partition coefficient (Wildman–Crippen LogP) is 1.59. The Bertz CT molecular complexity index is 760. The third kappa shape index (κ3) is 3.33. The van der Waals surface area contributed by atoms with Gasteiger partial charge in [-0.15, -0.1) is 0 Å². The molecule has 0 aromatic carbocycles. The molecule has 0 radical (unpaired) electrons. The molecule has 0 fully saturated rings. The molecule has 0 aliphatic rings. The molecule has 0 saturated heterocycles. The number of carbonyl (C=O) groups is 1. The van der Waals surface area contributed by atoms with E-state index in [-0.39, 0.29) is 5.91 Å². The number of pyridine rings is 1. The Labute approximate surface area is 128 Å². The number of amides is 1. The molecule has 3 aromatic heterocycles. The highest BCUT2D eigenvalue weighted by Gasteiger charge is 2.08. The van der Waals surface area contributed by atoms with Crippen LogP contribution in [0.15, 0.2) is 43.2 Å². The Balaban J connectivity index is 1.49. The van der Waals surface area contributed by atoms with Crippen molar-refractivity contribution in [1.82, 2.24) is 24.3 Å². The minimum Gasteiger partial charge on any atom is -0.356 e. The number of nitrogens with one attached hydrogen (secondary N) is 1. The first kappa shape index (κ1) is 14.3. The molecule has 0 saturated carbocycles. The number of rotatable bonds is 6. The van der Waals surface area contributed by atoms with Gasteiger partial charge in [0.15, 0.2) is 0 Å². The minimum atomic E-state index is 0.00619. The van der Waals surface area contributed by atoms with Crippen LogP contribution in [0.25, 0.3) is 5.65 Å². The molecule has 0 atom stereocenters. The van der Waals surface area contributed by atoms with Crippen LogP contribution >= 0.6 is 0 Å². The first-order valence-electron chi connectivity index (χ1n) is 7.38. The van der Waals surface area contributed by atoms with Crippen LogP contribution in [0.5, 0.6) is 0 Å². The molecule has 22 heavy (non-hydrogen) atoms. The van der Waals surface area contributed by atoms with Crippen molar-refractivity contribution >= 4 is 11.6 Å². The molecule has 0 aliphatic carbocycles. The molecule has 0 aliphatic heterocycles. The summed E-state index contributed by atoms with van der Waals surface area (Å²) in [6.07, 6.45) is 10.5. The van der Waals surface area contributed by atoms with E-state index in [0.29, 0.717) is 13.0 Å². The van der Waals surface area contributed by atoms with Crippen LogP contribution in [0.1, 0.15) is 17.7 Å². The summed E-state index contributed by atoms with van der Waals surface area (Å²) in [5, 5.41) is 2.93. The zero-order valence-electron chi connectivity index (χ0n) is 12.6. The summed E-state index contributed by atoms with van der Waals surface area (Å²) in [5.74, 6) is 0.00619. The molecule has 0 unspecified atom stereocenters. The van der Waals surface area contributed by atoms with Crippen LogP contribution in [-0.4, -0.2) is 31.4 Å². The van der Waals surface area contributed by atoms with Gasteiger partial charge >= 0.3 is 0 Å². The number of hydrogen-bond donors (Lipinski definition) is 1. The van der Waals surface area contributed by atoms with Gasteiger partial charge in [-0.25, -0.2) is 9.97 Å². The monoisotopic (exact) mass is 297 g/mol. The van der Waals surface area contributed by atoms with Crippen molar-refractivity contribution in [3.8, 4) is 0 Å². The van der Waals surface area contributed by atoms with Crippen molar-refractivity contribution in [2.75, 3.05) is 6.54 Å². The fraction of sp³-hybridized carbons (Fsp3) is 0.312. The first-order valence-corrected chi connectivity index (χ1v) is 7.38. The molecule has 6 heteroatoms. The van der Waals surface area contributed by atoms with Crippen molar-refractivity contribution in [1.29, 1.82) is 0 Å². The lowest BCUT2D eigenvalue weighted by Crippen LogP contribution is -2.26. The summed E-state index contributed by atoms with van der Waals surface area (Å²) in [7, 11) is 0. The summed E-state index contributed by atoms with van der Waals surface area (Å²) >= 11 is 0. The Morgan fingerprint density at radius 3 is 3.05 bits per heavy atom. The molecule has 0 spiro atoms. The van der Waals surface area contributed by atoms with E-state index in [1.807, 2.05) is 46.6 Å². The van der Waals surface area contributed by atoms with Gasteiger partial charge < -0.3 is 14.3 Å². The molecule has 3 rings (SSSR count). The van der Waals surface area contributed by atoms with E-state index in [1.54, 1.807) is 12.5 Å². The lowest BCUT2D eigenvalue weighted by atomic mass is 10.3. The van der Waals surface area contributed by atoms with Gasteiger partial charge in [-0.2, -0.15) is 0 Å². The molecular weight excluding hydrogens is 278 g/mol. The van der Waals surface area contributed by atoms with Gasteiger partial charge in [0.2, 0.25) is 5.91 Å². The van der Waals surface area contributed by atoms with Crippen molar-refractivity contribution in [2.45, 2.75) is 26.3 Å². The van der Waals surface area contributed by atoms with E-state index < -0.39 is 0 Å². The second-order valence-electron chi connectivity index (χ2n) is 5.34. The molecular formula is C16H19N5O. The first-order chi connectivity index (χ1) is 10.7. The number of hydrogen-bond acceptors (Lipinski definition) is 3. The summed E-state index contributed by atoms with van der Waals surface area (Å²) in [6.45, 7) is 3.53. The Morgan fingerprint density at radius 1 is 1.36 bits per heavy atom. The summed E-state index contributed by atoms with van der Waals surface area (Å²) in [4.78, 5) is 20.5. The Morgan fingerprint density at radius 2 is 2.27 bits per heavy atom. The van der Waals surface area contributed by atoms with Gasteiger partial charge in [0, 0.05) is 37.9 Å². The molecule has 1 N–H and O–H groups in total. The average molecular weight is 297 g/mol. The van der Waals surface area contributed by atoms with E-state index in [9.17, 15) is 4.79 Å². The maximum absolute atomic E-state index is 12.0. The zero-order chi connectivity index (χ0) is 15.4. The van der Waals surface area contributed by atoms with Crippen LogP contribution in [0.3, 0.4) is 0 Å². The summed E-state index contributed by atoms with van der Waals surface area (Å²) < 4.78 is 3.95. The van der Waals surface area contributed by atoms with E-state index in [2.05, 4.69) is 15.3 Å². The van der Waals surface area contributed by atoms with Crippen LogP contribution in [0.2, 0.25) is 0 Å². The van der Waals surface area contributed by atoms with Crippen molar-refractivity contribution < 1.29 is 4.79 Å².